The summed E-state index contributed by atoms with van der Waals surface area (Å²) in [6, 6.07) is 16.9. The highest BCUT2D eigenvalue weighted by Gasteiger charge is 2.15. The van der Waals surface area contributed by atoms with Gasteiger partial charge >= 0.3 is 0 Å². The molecule has 0 aliphatic carbocycles. The van der Waals surface area contributed by atoms with Gasteiger partial charge in [-0.2, -0.15) is 0 Å². The second kappa shape index (κ2) is 9.42. The summed E-state index contributed by atoms with van der Waals surface area (Å²) in [4.78, 5) is 2.38. The summed E-state index contributed by atoms with van der Waals surface area (Å²) in [6.07, 6.45) is 2.60. The van der Waals surface area contributed by atoms with Crippen molar-refractivity contribution in [1.29, 1.82) is 0 Å². The van der Waals surface area contributed by atoms with Crippen molar-refractivity contribution in [2.75, 3.05) is 20.1 Å². The van der Waals surface area contributed by atoms with Crippen molar-refractivity contribution in [3.05, 3.63) is 58.6 Å². The summed E-state index contributed by atoms with van der Waals surface area (Å²) >= 11 is 3.43. The van der Waals surface area contributed by atoms with Crippen LogP contribution in [0.4, 0.5) is 0 Å². The summed E-state index contributed by atoms with van der Waals surface area (Å²) in [5.41, 5.74) is 1.31. The van der Waals surface area contributed by atoms with E-state index in [1.807, 2.05) is 36.4 Å². The van der Waals surface area contributed by atoms with Crippen molar-refractivity contribution in [2.24, 2.45) is 0 Å². The van der Waals surface area contributed by atoms with Gasteiger partial charge in [-0.05, 0) is 68.4 Å². The van der Waals surface area contributed by atoms with Crippen molar-refractivity contribution >= 4 is 28.3 Å². The lowest BCUT2D eigenvalue weighted by Gasteiger charge is -2.21. The minimum atomic E-state index is 0. The van der Waals surface area contributed by atoms with Crippen LogP contribution in [0.2, 0.25) is 0 Å². The van der Waals surface area contributed by atoms with Crippen LogP contribution in [0.3, 0.4) is 0 Å². The van der Waals surface area contributed by atoms with E-state index in [4.69, 9.17) is 4.74 Å². The molecule has 1 aliphatic rings. The Bertz CT molecular complexity index is 612. The maximum atomic E-state index is 5.86. The van der Waals surface area contributed by atoms with Gasteiger partial charge in [-0.25, -0.2) is 0 Å². The molecule has 1 fully saturated rings. The minimum Gasteiger partial charge on any atom is -0.457 e. The first-order valence-corrected chi connectivity index (χ1v) is 8.92. The zero-order valence-electron chi connectivity index (χ0n) is 13.9. The van der Waals surface area contributed by atoms with Crippen LogP contribution in [0.25, 0.3) is 0 Å². The number of halogens is 2. The third-order valence-corrected chi connectivity index (χ3v) is 4.65. The Morgan fingerprint density at radius 2 is 1.71 bits per heavy atom. The van der Waals surface area contributed by atoms with E-state index in [9.17, 15) is 0 Å². The molecule has 2 aromatic carbocycles. The largest absolute Gasteiger partial charge is 0.457 e. The Kier molecular flexibility index (Phi) is 7.56. The molecule has 5 heteroatoms. The summed E-state index contributed by atoms with van der Waals surface area (Å²) in [5, 5.41) is 3.55. The van der Waals surface area contributed by atoms with Crippen molar-refractivity contribution in [3.8, 4) is 11.5 Å². The van der Waals surface area contributed by atoms with Gasteiger partial charge in [-0.3, -0.25) is 0 Å². The normalized spacial score (nSPS) is 16.9. The number of nitrogens with one attached hydrogen (secondary N) is 1. The van der Waals surface area contributed by atoms with Gasteiger partial charge in [0.05, 0.1) is 0 Å². The molecule has 0 radical (unpaired) electrons. The average Bonchev–Trinajstić information content (AvgIpc) is 3.04. The molecule has 2 aromatic rings. The van der Waals surface area contributed by atoms with E-state index in [1.165, 1.54) is 24.9 Å². The molecule has 0 aromatic heterocycles. The van der Waals surface area contributed by atoms with E-state index < -0.39 is 0 Å². The average molecular weight is 412 g/mol. The first-order chi connectivity index (χ1) is 11.2. The van der Waals surface area contributed by atoms with Crippen molar-refractivity contribution in [1.82, 2.24) is 10.2 Å². The highest BCUT2D eigenvalue weighted by atomic mass is 79.9. The Hall–Kier alpha value is -1.07. The van der Waals surface area contributed by atoms with Crippen molar-refractivity contribution < 1.29 is 4.74 Å². The number of hydrogen-bond acceptors (Lipinski definition) is 3. The molecule has 1 N–H and O–H groups in total. The predicted octanol–water partition coefficient (Wildman–Crippen LogP) is 4.85. The quantitative estimate of drug-likeness (QED) is 0.735. The highest BCUT2D eigenvalue weighted by Crippen LogP contribution is 2.23. The van der Waals surface area contributed by atoms with Gasteiger partial charge in [0.25, 0.3) is 0 Å². The van der Waals surface area contributed by atoms with E-state index in [-0.39, 0.29) is 12.4 Å². The van der Waals surface area contributed by atoms with Crippen LogP contribution < -0.4 is 10.1 Å². The molecule has 1 aliphatic heterocycles. The number of likely N-dealkylation sites (N-methyl/N-ethyl adjacent to an activating group) is 1. The summed E-state index contributed by atoms with van der Waals surface area (Å²) in [6.45, 7) is 3.24. The minimum absolute atomic E-state index is 0. The van der Waals surface area contributed by atoms with E-state index >= 15 is 0 Å². The number of hydrogen-bond donors (Lipinski definition) is 1. The van der Waals surface area contributed by atoms with Gasteiger partial charge in [0.15, 0.2) is 0 Å². The Morgan fingerprint density at radius 1 is 1.08 bits per heavy atom. The number of rotatable bonds is 6. The molecule has 130 valence electrons. The zero-order chi connectivity index (χ0) is 16.1. The third-order valence-electron chi connectivity index (χ3n) is 4.12. The van der Waals surface area contributed by atoms with E-state index in [1.54, 1.807) is 0 Å². The Balaban J connectivity index is 0.00000208. The lowest BCUT2D eigenvalue weighted by Crippen LogP contribution is -2.34. The van der Waals surface area contributed by atoms with Gasteiger partial charge in [0.2, 0.25) is 0 Å². The topological polar surface area (TPSA) is 24.5 Å². The van der Waals surface area contributed by atoms with Crippen molar-refractivity contribution in [2.45, 2.75) is 25.4 Å². The van der Waals surface area contributed by atoms with Crippen LogP contribution in [0, 0.1) is 0 Å². The van der Waals surface area contributed by atoms with Gasteiger partial charge in [0, 0.05) is 23.6 Å². The van der Waals surface area contributed by atoms with Crippen LogP contribution >= 0.6 is 28.3 Å². The predicted molar refractivity (Wildman–Crippen MR) is 105 cm³/mol. The molecule has 0 unspecified atom stereocenters. The molecular weight excluding hydrogens is 388 g/mol. The first-order valence-electron chi connectivity index (χ1n) is 8.13. The SMILES string of the molecule is CN(Cc1ccc(Oc2ccc(Br)cc2)cc1)C[C@H]1CCCN1.Cl. The lowest BCUT2D eigenvalue weighted by molar-refractivity contribution is 0.293. The molecule has 1 heterocycles. The van der Waals surface area contributed by atoms with Gasteiger partial charge in [0.1, 0.15) is 11.5 Å². The monoisotopic (exact) mass is 410 g/mol. The van der Waals surface area contributed by atoms with Crippen LogP contribution in [0.5, 0.6) is 11.5 Å². The molecule has 3 rings (SSSR count). The van der Waals surface area contributed by atoms with E-state index in [0.29, 0.717) is 6.04 Å². The summed E-state index contributed by atoms with van der Waals surface area (Å²) < 4.78 is 6.91. The fourth-order valence-electron chi connectivity index (χ4n) is 2.97. The third kappa shape index (κ3) is 5.78. The van der Waals surface area contributed by atoms with Gasteiger partial charge in [-0.1, -0.05) is 28.1 Å². The van der Waals surface area contributed by atoms with Crippen LogP contribution in [0.1, 0.15) is 18.4 Å². The molecule has 0 spiro atoms. The number of nitrogens with zero attached hydrogens (tertiary/aromatic N) is 1. The van der Waals surface area contributed by atoms with Crippen LogP contribution in [-0.4, -0.2) is 31.1 Å². The molecule has 0 amide bonds. The number of ether oxygens (including phenoxy) is 1. The van der Waals surface area contributed by atoms with E-state index in [0.717, 1.165) is 29.1 Å². The lowest BCUT2D eigenvalue weighted by atomic mass is 10.2. The van der Waals surface area contributed by atoms with Gasteiger partial charge < -0.3 is 15.0 Å². The summed E-state index contributed by atoms with van der Waals surface area (Å²) in [7, 11) is 2.19. The van der Waals surface area contributed by atoms with Crippen LogP contribution in [-0.2, 0) is 6.54 Å². The molecule has 24 heavy (non-hydrogen) atoms. The zero-order valence-corrected chi connectivity index (χ0v) is 16.3. The maximum Gasteiger partial charge on any atom is 0.127 e. The molecule has 0 saturated carbocycles. The Labute approximate surface area is 158 Å². The molecule has 1 atom stereocenters. The second-order valence-corrected chi connectivity index (χ2v) is 7.11. The smallest absolute Gasteiger partial charge is 0.127 e. The maximum absolute atomic E-state index is 5.86. The van der Waals surface area contributed by atoms with E-state index in [2.05, 4.69) is 45.3 Å². The van der Waals surface area contributed by atoms with Crippen LogP contribution in [0.15, 0.2) is 53.0 Å². The second-order valence-electron chi connectivity index (χ2n) is 6.19. The fourth-order valence-corrected chi connectivity index (χ4v) is 3.23. The summed E-state index contributed by atoms with van der Waals surface area (Å²) in [5.74, 6) is 1.72. The van der Waals surface area contributed by atoms with Gasteiger partial charge in [-0.15, -0.1) is 12.4 Å². The van der Waals surface area contributed by atoms with Crippen molar-refractivity contribution in [3.63, 3.8) is 0 Å². The molecule has 0 bridgehead atoms. The molecule has 3 nitrogen and oxygen atoms in total. The number of benzene rings is 2. The highest BCUT2D eigenvalue weighted by molar-refractivity contribution is 9.10. The first kappa shape index (κ1) is 19.3. The molecular formula is C19H24BrClN2O. The molecule has 1 saturated heterocycles. The standard InChI is InChI=1S/C19H23BrN2O.ClH/c1-22(14-17-3-2-12-21-17)13-15-4-8-18(9-5-15)23-19-10-6-16(20)7-11-19;/h4-11,17,21H,2-3,12-14H2,1H3;1H/t17-;/m1./s1. The Morgan fingerprint density at radius 3 is 2.29 bits per heavy atom. The fraction of sp³-hybridized carbons (Fsp3) is 0.368.